The molecule has 0 saturated heterocycles. The van der Waals surface area contributed by atoms with Gasteiger partial charge in [-0.3, -0.25) is 9.05 Å². The second kappa shape index (κ2) is 11.8. The van der Waals surface area contributed by atoms with E-state index < -0.39 is 7.82 Å². The Morgan fingerprint density at radius 3 is 1.25 bits per heavy atom. The van der Waals surface area contributed by atoms with Crippen LogP contribution in [0.25, 0.3) is 0 Å². The third-order valence-electron chi connectivity index (χ3n) is 7.23. The first-order valence-electron chi connectivity index (χ1n) is 13.2. The Labute approximate surface area is 234 Å². The normalized spacial score (nSPS) is 13.1. The van der Waals surface area contributed by atoms with Crippen molar-refractivity contribution in [2.24, 2.45) is 0 Å². The molecule has 8 bridgehead atoms. The number of phenols is 2. The van der Waals surface area contributed by atoms with Crippen molar-refractivity contribution >= 4 is 7.82 Å². The third kappa shape index (κ3) is 5.59. The molecule has 208 valence electrons. The van der Waals surface area contributed by atoms with Gasteiger partial charge < -0.3 is 19.5 Å². The fraction of sp³-hybridized carbons (Fsp3) is 0.250. The minimum absolute atomic E-state index is 0.184. The number of phosphoric acid groups is 1. The molecule has 0 aliphatic heterocycles. The van der Waals surface area contributed by atoms with Crippen molar-refractivity contribution in [2.45, 2.75) is 32.6 Å². The largest absolute Gasteiger partial charge is 0.529 e. The minimum atomic E-state index is -3.90. The van der Waals surface area contributed by atoms with Gasteiger partial charge in [0.1, 0.15) is 23.0 Å². The number of benzene rings is 4. The number of hydrogen-bond donors (Lipinski definition) is 2. The number of phosphoric ester groups is 1. The molecule has 0 unspecified atom stereocenters. The first-order chi connectivity index (χ1) is 19.4. The van der Waals surface area contributed by atoms with Gasteiger partial charge in [0.25, 0.3) is 0 Å². The molecular formula is C32H33O7P. The fourth-order valence-corrected chi connectivity index (χ4v) is 5.98. The van der Waals surface area contributed by atoms with Crippen molar-refractivity contribution in [2.75, 3.05) is 20.8 Å². The zero-order valence-corrected chi connectivity index (χ0v) is 23.7. The molecule has 0 heterocycles. The molecule has 5 rings (SSSR count). The average Bonchev–Trinajstić information content (AvgIpc) is 2.95. The van der Waals surface area contributed by atoms with Crippen LogP contribution in [0.3, 0.4) is 0 Å². The van der Waals surface area contributed by atoms with E-state index in [0.29, 0.717) is 60.3 Å². The Morgan fingerprint density at radius 1 is 0.600 bits per heavy atom. The summed E-state index contributed by atoms with van der Waals surface area (Å²) in [6.07, 6.45) is 1.53. The average molecular weight is 561 g/mol. The molecular weight excluding hydrogens is 527 g/mol. The molecule has 40 heavy (non-hydrogen) atoms. The van der Waals surface area contributed by atoms with Gasteiger partial charge >= 0.3 is 7.82 Å². The number of hydrogen-bond acceptors (Lipinski definition) is 7. The predicted octanol–water partition coefficient (Wildman–Crippen LogP) is 6.95. The van der Waals surface area contributed by atoms with E-state index in [0.717, 1.165) is 28.0 Å². The Kier molecular flexibility index (Phi) is 8.17. The zero-order chi connectivity index (χ0) is 28.3. The highest BCUT2D eigenvalue weighted by atomic mass is 31.2. The van der Waals surface area contributed by atoms with E-state index in [9.17, 15) is 14.8 Å². The summed E-state index contributed by atoms with van der Waals surface area (Å²) < 4.78 is 35.4. The number of ether oxygens (including phenoxy) is 1. The third-order valence-corrected chi connectivity index (χ3v) is 8.53. The summed E-state index contributed by atoms with van der Waals surface area (Å²) >= 11 is 0. The van der Waals surface area contributed by atoms with Gasteiger partial charge in [-0.15, -0.1) is 0 Å². The lowest BCUT2D eigenvalue weighted by Crippen LogP contribution is -2.06. The van der Waals surface area contributed by atoms with Crippen LogP contribution in [0.1, 0.15) is 51.4 Å². The maximum atomic E-state index is 13.1. The first kappa shape index (κ1) is 27.8. The smallest absolute Gasteiger partial charge is 0.507 e. The predicted molar refractivity (Wildman–Crippen MR) is 154 cm³/mol. The Balaban J connectivity index is 1.73. The van der Waals surface area contributed by atoms with E-state index in [-0.39, 0.29) is 11.5 Å². The van der Waals surface area contributed by atoms with Crippen molar-refractivity contribution in [1.82, 2.24) is 0 Å². The maximum absolute atomic E-state index is 13.1. The molecule has 1 aliphatic carbocycles. The summed E-state index contributed by atoms with van der Waals surface area (Å²) in [6, 6.07) is 22.9. The van der Waals surface area contributed by atoms with Crippen LogP contribution >= 0.6 is 7.82 Å². The van der Waals surface area contributed by atoms with Crippen LogP contribution in [0.5, 0.6) is 23.0 Å². The highest BCUT2D eigenvalue weighted by Crippen LogP contribution is 2.50. The van der Waals surface area contributed by atoms with Gasteiger partial charge in [0.2, 0.25) is 0 Å². The summed E-state index contributed by atoms with van der Waals surface area (Å²) in [4.78, 5) is 0. The number of aromatic hydroxyl groups is 2. The van der Waals surface area contributed by atoms with Crippen molar-refractivity contribution in [3.8, 4) is 23.0 Å². The monoisotopic (exact) mass is 560 g/mol. The van der Waals surface area contributed by atoms with E-state index in [4.69, 9.17) is 18.3 Å². The summed E-state index contributed by atoms with van der Waals surface area (Å²) in [7, 11) is -1.37. The lowest BCUT2D eigenvalue weighted by Gasteiger charge is -2.21. The van der Waals surface area contributed by atoms with E-state index in [1.54, 1.807) is 0 Å². The van der Waals surface area contributed by atoms with Crippen molar-refractivity contribution < 1.29 is 33.1 Å². The van der Waals surface area contributed by atoms with Gasteiger partial charge in [-0.25, -0.2) is 4.57 Å². The maximum Gasteiger partial charge on any atom is 0.529 e. The number of phenolic OH excluding ortho intramolecular Hbond substituents is 2. The molecule has 0 fully saturated rings. The SMILES string of the molecule is CCOc1c2cccc1Cc1cccc(c1O)Cc1cccc(c1OP(=O)(OC)OC)Cc1cccc(c1O)C2. The molecule has 0 aromatic heterocycles. The van der Waals surface area contributed by atoms with Crippen LogP contribution in [-0.2, 0) is 39.3 Å². The molecule has 4 aromatic rings. The van der Waals surface area contributed by atoms with Gasteiger partial charge in [0.15, 0.2) is 0 Å². The van der Waals surface area contributed by atoms with E-state index in [1.807, 2.05) is 79.7 Å². The van der Waals surface area contributed by atoms with Crippen molar-refractivity contribution in [1.29, 1.82) is 0 Å². The molecule has 1 aliphatic rings. The topological polar surface area (TPSA) is 94.5 Å². The lowest BCUT2D eigenvalue weighted by molar-refractivity contribution is 0.210. The fourth-order valence-electron chi connectivity index (χ4n) is 5.22. The summed E-state index contributed by atoms with van der Waals surface area (Å²) in [5.74, 6) is 1.47. The van der Waals surface area contributed by atoms with Crippen molar-refractivity contribution in [3.05, 3.63) is 117 Å². The Bertz CT molecular complexity index is 1480. The quantitative estimate of drug-likeness (QED) is 0.217. The molecule has 2 N–H and O–H groups in total. The van der Waals surface area contributed by atoms with E-state index in [2.05, 4.69) is 0 Å². The first-order valence-corrected chi connectivity index (χ1v) is 14.7. The molecule has 0 atom stereocenters. The summed E-state index contributed by atoms with van der Waals surface area (Å²) in [5, 5.41) is 22.8. The summed E-state index contributed by atoms with van der Waals surface area (Å²) in [5.41, 5.74) is 6.17. The molecule has 0 spiro atoms. The van der Waals surface area contributed by atoms with Gasteiger partial charge in [0, 0.05) is 39.9 Å². The van der Waals surface area contributed by atoms with Crippen molar-refractivity contribution in [3.63, 3.8) is 0 Å². The number of fused-ring (bicyclic) bond motifs is 8. The van der Waals surface area contributed by atoms with Crippen LogP contribution in [0.15, 0.2) is 72.8 Å². The molecule has 0 radical (unpaired) electrons. The number of para-hydroxylation sites is 4. The van der Waals surface area contributed by atoms with Crippen LogP contribution in [0.4, 0.5) is 0 Å². The van der Waals surface area contributed by atoms with Crippen LogP contribution < -0.4 is 9.26 Å². The zero-order valence-electron chi connectivity index (χ0n) is 22.8. The van der Waals surface area contributed by atoms with Gasteiger partial charge in [-0.1, -0.05) is 72.8 Å². The highest BCUT2D eigenvalue weighted by Gasteiger charge is 2.28. The molecule has 7 nitrogen and oxygen atoms in total. The van der Waals surface area contributed by atoms with Crippen LogP contribution in [-0.4, -0.2) is 31.0 Å². The molecule has 4 aromatic carbocycles. The number of rotatable bonds is 6. The Hall–Kier alpha value is -3.77. The van der Waals surface area contributed by atoms with Gasteiger partial charge in [0.05, 0.1) is 6.61 Å². The standard InChI is InChI=1S/C32H33O7P/c1-4-38-31-25-13-7-14-26(31)18-22-10-6-12-24(30(22)34)20-28-16-8-15-27(32(28)39-40(35,36-2)37-3)19-23-11-5-9-21(17-25)29(23)33/h5-16,33-34H,4,17-20H2,1-3H3. The van der Waals surface area contributed by atoms with Gasteiger partial charge in [-0.2, -0.15) is 0 Å². The summed E-state index contributed by atoms with van der Waals surface area (Å²) in [6.45, 7) is 2.44. The second-order valence-electron chi connectivity index (χ2n) is 9.70. The van der Waals surface area contributed by atoms with Crippen LogP contribution in [0, 0.1) is 0 Å². The molecule has 0 amide bonds. The highest BCUT2D eigenvalue weighted by molar-refractivity contribution is 7.48. The van der Waals surface area contributed by atoms with Gasteiger partial charge in [-0.05, 0) is 51.4 Å². The second-order valence-corrected chi connectivity index (χ2v) is 11.5. The minimum Gasteiger partial charge on any atom is -0.507 e. The van der Waals surface area contributed by atoms with Crippen LogP contribution in [0.2, 0.25) is 0 Å². The van der Waals surface area contributed by atoms with E-state index >= 15 is 0 Å². The lowest BCUT2D eigenvalue weighted by atomic mass is 9.91. The van der Waals surface area contributed by atoms with E-state index in [1.165, 1.54) is 14.2 Å². The molecule has 8 heteroatoms. The Morgan fingerprint density at radius 2 is 0.925 bits per heavy atom. The molecule has 0 saturated carbocycles.